The standard InChI is InChI=1S/C15H23N5/c1-11(2)4-5-13-8-15-16-7-6-14(20(15)18-13)12-9-17-19(3)10-12/h8-11,14,16H,4-7H2,1-3H3. The first-order chi connectivity index (χ1) is 9.63. The lowest BCUT2D eigenvalue weighted by Crippen LogP contribution is -2.24. The zero-order chi connectivity index (χ0) is 14.1. The number of hydrogen-bond donors (Lipinski definition) is 1. The molecule has 0 aliphatic carbocycles. The highest BCUT2D eigenvalue weighted by molar-refractivity contribution is 5.41. The van der Waals surface area contributed by atoms with Crippen molar-refractivity contribution in [1.82, 2.24) is 19.6 Å². The number of rotatable bonds is 4. The van der Waals surface area contributed by atoms with Crippen molar-refractivity contribution in [1.29, 1.82) is 0 Å². The van der Waals surface area contributed by atoms with Crippen LogP contribution in [0.25, 0.3) is 0 Å². The van der Waals surface area contributed by atoms with Gasteiger partial charge >= 0.3 is 0 Å². The highest BCUT2D eigenvalue weighted by Crippen LogP contribution is 2.29. The Kier molecular flexibility index (Phi) is 3.51. The third-order valence-corrected chi connectivity index (χ3v) is 3.89. The van der Waals surface area contributed by atoms with Crippen molar-refractivity contribution in [3.05, 3.63) is 29.7 Å². The molecule has 0 radical (unpaired) electrons. The fourth-order valence-corrected chi connectivity index (χ4v) is 2.75. The van der Waals surface area contributed by atoms with Gasteiger partial charge in [0.1, 0.15) is 5.82 Å². The van der Waals surface area contributed by atoms with Gasteiger partial charge in [-0.05, 0) is 25.2 Å². The Balaban J connectivity index is 1.84. The SMILES string of the molecule is CC(C)CCc1cc2n(n1)C(c1cnn(C)c1)CCN2. The molecular formula is C15H23N5. The van der Waals surface area contributed by atoms with E-state index in [2.05, 4.69) is 41.2 Å². The average molecular weight is 273 g/mol. The summed E-state index contributed by atoms with van der Waals surface area (Å²) in [5.74, 6) is 1.86. The molecule has 3 heterocycles. The van der Waals surface area contributed by atoms with Crippen LogP contribution in [0.5, 0.6) is 0 Å². The highest BCUT2D eigenvalue weighted by atomic mass is 15.4. The predicted molar refractivity (Wildman–Crippen MR) is 79.8 cm³/mol. The van der Waals surface area contributed by atoms with Crippen molar-refractivity contribution in [2.24, 2.45) is 13.0 Å². The van der Waals surface area contributed by atoms with Gasteiger partial charge in [0.15, 0.2) is 0 Å². The van der Waals surface area contributed by atoms with Gasteiger partial charge in [0.25, 0.3) is 0 Å². The largest absolute Gasteiger partial charge is 0.370 e. The fraction of sp³-hybridized carbons (Fsp3) is 0.600. The van der Waals surface area contributed by atoms with E-state index >= 15 is 0 Å². The van der Waals surface area contributed by atoms with Crippen LogP contribution >= 0.6 is 0 Å². The number of anilines is 1. The fourth-order valence-electron chi connectivity index (χ4n) is 2.75. The molecular weight excluding hydrogens is 250 g/mol. The number of aryl methyl sites for hydroxylation is 2. The quantitative estimate of drug-likeness (QED) is 0.931. The number of aromatic nitrogens is 4. The van der Waals surface area contributed by atoms with E-state index in [0.717, 1.165) is 31.1 Å². The second kappa shape index (κ2) is 5.31. The summed E-state index contributed by atoms with van der Waals surface area (Å²) in [6, 6.07) is 2.51. The molecule has 3 rings (SSSR count). The summed E-state index contributed by atoms with van der Waals surface area (Å²) in [5.41, 5.74) is 2.44. The lowest BCUT2D eigenvalue weighted by atomic mass is 10.1. The lowest BCUT2D eigenvalue weighted by molar-refractivity contribution is 0.474. The Morgan fingerprint density at radius 2 is 2.30 bits per heavy atom. The minimum absolute atomic E-state index is 0.313. The van der Waals surface area contributed by atoms with Gasteiger partial charge in [0, 0.05) is 31.4 Å². The van der Waals surface area contributed by atoms with Crippen LogP contribution in [0.3, 0.4) is 0 Å². The normalized spacial score (nSPS) is 18.1. The monoisotopic (exact) mass is 273 g/mol. The van der Waals surface area contributed by atoms with Crippen molar-refractivity contribution in [2.75, 3.05) is 11.9 Å². The third kappa shape index (κ3) is 2.57. The van der Waals surface area contributed by atoms with Crippen LogP contribution in [0.4, 0.5) is 5.82 Å². The number of nitrogens with one attached hydrogen (secondary N) is 1. The summed E-state index contributed by atoms with van der Waals surface area (Å²) < 4.78 is 4.00. The van der Waals surface area contributed by atoms with E-state index in [-0.39, 0.29) is 0 Å². The van der Waals surface area contributed by atoms with E-state index in [1.54, 1.807) is 0 Å². The van der Waals surface area contributed by atoms with Crippen molar-refractivity contribution in [3.8, 4) is 0 Å². The molecule has 1 unspecified atom stereocenters. The second-order valence-corrected chi connectivity index (χ2v) is 6.08. The molecule has 0 saturated carbocycles. The Morgan fingerprint density at radius 1 is 1.45 bits per heavy atom. The van der Waals surface area contributed by atoms with E-state index in [1.165, 1.54) is 17.7 Å². The van der Waals surface area contributed by atoms with Gasteiger partial charge in [-0.1, -0.05) is 13.8 Å². The van der Waals surface area contributed by atoms with Crippen LogP contribution in [-0.4, -0.2) is 26.1 Å². The van der Waals surface area contributed by atoms with Crippen molar-refractivity contribution >= 4 is 5.82 Å². The molecule has 5 nitrogen and oxygen atoms in total. The van der Waals surface area contributed by atoms with E-state index in [0.29, 0.717) is 6.04 Å². The molecule has 2 aromatic rings. The van der Waals surface area contributed by atoms with Crippen LogP contribution in [-0.2, 0) is 13.5 Å². The van der Waals surface area contributed by atoms with Crippen molar-refractivity contribution in [2.45, 2.75) is 39.2 Å². The molecule has 20 heavy (non-hydrogen) atoms. The maximum absolute atomic E-state index is 4.81. The van der Waals surface area contributed by atoms with Gasteiger partial charge in [-0.25, -0.2) is 4.68 Å². The first-order valence-corrected chi connectivity index (χ1v) is 7.44. The Labute approximate surface area is 120 Å². The van der Waals surface area contributed by atoms with E-state index in [1.807, 2.05) is 17.9 Å². The molecule has 0 amide bonds. The number of nitrogens with zero attached hydrogens (tertiary/aromatic N) is 4. The number of fused-ring (bicyclic) bond motifs is 1. The summed E-state index contributed by atoms with van der Waals surface area (Å²) in [6.45, 7) is 5.51. The molecule has 0 fully saturated rings. The van der Waals surface area contributed by atoms with Crippen molar-refractivity contribution < 1.29 is 0 Å². The highest BCUT2D eigenvalue weighted by Gasteiger charge is 2.24. The van der Waals surface area contributed by atoms with Crippen LogP contribution in [0, 0.1) is 5.92 Å². The van der Waals surface area contributed by atoms with Gasteiger partial charge in [0.2, 0.25) is 0 Å². The van der Waals surface area contributed by atoms with Gasteiger partial charge in [-0.2, -0.15) is 10.2 Å². The molecule has 0 saturated heterocycles. The predicted octanol–water partition coefficient (Wildman–Crippen LogP) is 2.61. The lowest BCUT2D eigenvalue weighted by Gasteiger charge is -2.24. The summed E-state index contributed by atoms with van der Waals surface area (Å²) in [5, 5.41) is 12.5. The van der Waals surface area contributed by atoms with Crippen LogP contribution in [0.1, 0.15) is 44.0 Å². The summed E-state index contributed by atoms with van der Waals surface area (Å²) in [7, 11) is 1.96. The van der Waals surface area contributed by atoms with Crippen LogP contribution in [0.15, 0.2) is 18.5 Å². The van der Waals surface area contributed by atoms with Gasteiger partial charge in [0.05, 0.1) is 17.9 Å². The molecule has 5 heteroatoms. The first-order valence-electron chi connectivity index (χ1n) is 7.44. The Hall–Kier alpha value is -1.78. The molecule has 2 aromatic heterocycles. The molecule has 1 aliphatic rings. The summed E-state index contributed by atoms with van der Waals surface area (Å²) in [4.78, 5) is 0. The molecule has 0 aromatic carbocycles. The molecule has 1 aliphatic heterocycles. The minimum atomic E-state index is 0.313. The van der Waals surface area contributed by atoms with Gasteiger partial charge in [-0.15, -0.1) is 0 Å². The van der Waals surface area contributed by atoms with Gasteiger partial charge < -0.3 is 5.32 Å². The van der Waals surface area contributed by atoms with E-state index in [4.69, 9.17) is 5.10 Å². The number of hydrogen-bond acceptors (Lipinski definition) is 3. The van der Waals surface area contributed by atoms with E-state index < -0.39 is 0 Å². The maximum Gasteiger partial charge on any atom is 0.125 e. The van der Waals surface area contributed by atoms with Gasteiger partial charge in [-0.3, -0.25) is 4.68 Å². The zero-order valence-corrected chi connectivity index (χ0v) is 12.5. The third-order valence-electron chi connectivity index (χ3n) is 3.89. The molecule has 1 N–H and O–H groups in total. The Bertz CT molecular complexity index is 581. The molecule has 0 bridgehead atoms. The summed E-state index contributed by atoms with van der Waals surface area (Å²) >= 11 is 0. The average Bonchev–Trinajstić information content (AvgIpc) is 3.01. The topological polar surface area (TPSA) is 47.7 Å². The van der Waals surface area contributed by atoms with E-state index in [9.17, 15) is 0 Å². The second-order valence-electron chi connectivity index (χ2n) is 6.08. The first kappa shape index (κ1) is 13.2. The molecule has 1 atom stereocenters. The van der Waals surface area contributed by atoms with Crippen molar-refractivity contribution in [3.63, 3.8) is 0 Å². The Morgan fingerprint density at radius 3 is 3.00 bits per heavy atom. The summed E-state index contributed by atoms with van der Waals surface area (Å²) in [6.07, 6.45) is 7.35. The minimum Gasteiger partial charge on any atom is -0.370 e. The zero-order valence-electron chi connectivity index (χ0n) is 12.5. The molecule has 0 spiro atoms. The molecule has 108 valence electrons. The van der Waals surface area contributed by atoms with Crippen LogP contribution in [0.2, 0.25) is 0 Å². The van der Waals surface area contributed by atoms with Crippen LogP contribution < -0.4 is 5.32 Å². The maximum atomic E-state index is 4.81. The smallest absolute Gasteiger partial charge is 0.125 e.